The number of rotatable bonds is 6. The van der Waals surface area contributed by atoms with Crippen molar-refractivity contribution < 1.29 is 17.9 Å². The van der Waals surface area contributed by atoms with E-state index in [4.69, 9.17) is 27.9 Å². The molecule has 3 aromatic rings. The smallest absolute Gasteiger partial charge is 0.261 e. The standard InChI is InChI=1S/C20H16Cl2N2O4S/c1-28-16-6-8-17(9-7-16)29(26,27)24-19-5-3-2-4-18(19)20(25)23-15-11-13(21)10-14(22)12-15/h2-12,24H,1H3,(H,23,25). The molecule has 3 rings (SSSR count). The van der Waals surface area contributed by atoms with Crippen LogP contribution >= 0.6 is 23.2 Å². The molecule has 9 heteroatoms. The average Bonchev–Trinajstić information content (AvgIpc) is 2.67. The molecular formula is C20H16Cl2N2O4S. The van der Waals surface area contributed by atoms with E-state index in [1.54, 1.807) is 12.1 Å². The summed E-state index contributed by atoms with van der Waals surface area (Å²) in [7, 11) is -2.42. The molecule has 1 amide bonds. The van der Waals surface area contributed by atoms with E-state index in [0.29, 0.717) is 21.5 Å². The minimum atomic E-state index is -3.91. The van der Waals surface area contributed by atoms with Crippen LogP contribution in [0.25, 0.3) is 0 Å². The van der Waals surface area contributed by atoms with Gasteiger partial charge in [0.15, 0.2) is 0 Å². The molecule has 0 aliphatic carbocycles. The minimum Gasteiger partial charge on any atom is -0.497 e. The molecule has 2 N–H and O–H groups in total. The van der Waals surface area contributed by atoms with Crippen molar-refractivity contribution in [2.45, 2.75) is 4.90 Å². The van der Waals surface area contributed by atoms with E-state index in [2.05, 4.69) is 10.0 Å². The molecule has 0 saturated heterocycles. The number of carbonyl (C=O) groups is 1. The quantitative estimate of drug-likeness (QED) is 0.549. The van der Waals surface area contributed by atoms with Crippen molar-refractivity contribution in [2.75, 3.05) is 17.1 Å². The lowest BCUT2D eigenvalue weighted by Gasteiger charge is -2.13. The lowest BCUT2D eigenvalue weighted by atomic mass is 10.1. The number of halogens is 2. The fourth-order valence-corrected chi connectivity index (χ4v) is 4.16. The van der Waals surface area contributed by atoms with E-state index in [1.165, 1.54) is 61.7 Å². The Morgan fingerprint density at radius 3 is 2.17 bits per heavy atom. The summed E-state index contributed by atoms with van der Waals surface area (Å²) >= 11 is 11.9. The van der Waals surface area contributed by atoms with Gasteiger partial charge in [-0.1, -0.05) is 35.3 Å². The van der Waals surface area contributed by atoms with E-state index in [0.717, 1.165) is 0 Å². The molecule has 0 aliphatic rings. The molecule has 0 bridgehead atoms. The predicted molar refractivity (Wildman–Crippen MR) is 115 cm³/mol. The number of anilines is 2. The third-order valence-corrected chi connectivity index (χ3v) is 5.72. The first-order chi connectivity index (χ1) is 13.8. The van der Waals surface area contributed by atoms with Gasteiger partial charge in [0, 0.05) is 15.7 Å². The average molecular weight is 451 g/mol. The maximum Gasteiger partial charge on any atom is 0.261 e. The number of para-hydroxylation sites is 1. The zero-order chi connectivity index (χ0) is 21.0. The van der Waals surface area contributed by atoms with Gasteiger partial charge in [0.2, 0.25) is 0 Å². The molecule has 0 heterocycles. The van der Waals surface area contributed by atoms with Gasteiger partial charge in [-0.05, 0) is 54.6 Å². The molecule has 0 spiro atoms. The van der Waals surface area contributed by atoms with E-state index >= 15 is 0 Å². The Morgan fingerprint density at radius 2 is 1.55 bits per heavy atom. The fourth-order valence-electron chi connectivity index (χ4n) is 2.55. The number of benzene rings is 3. The van der Waals surface area contributed by atoms with Gasteiger partial charge in [-0.15, -0.1) is 0 Å². The lowest BCUT2D eigenvalue weighted by Crippen LogP contribution is -2.18. The minimum absolute atomic E-state index is 0.0372. The second kappa shape index (κ2) is 8.73. The zero-order valence-electron chi connectivity index (χ0n) is 15.1. The van der Waals surface area contributed by atoms with Gasteiger partial charge < -0.3 is 10.1 Å². The van der Waals surface area contributed by atoms with Crippen molar-refractivity contribution in [1.29, 1.82) is 0 Å². The highest BCUT2D eigenvalue weighted by Crippen LogP contribution is 2.25. The second-order valence-electron chi connectivity index (χ2n) is 5.94. The van der Waals surface area contributed by atoms with Gasteiger partial charge in [0.25, 0.3) is 15.9 Å². The van der Waals surface area contributed by atoms with Crippen molar-refractivity contribution in [1.82, 2.24) is 0 Å². The fraction of sp³-hybridized carbons (Fsp3) is 0.0500. The number of ether oxygens (including phenoxy) is 1. The molecular weight excluding hydrogens is 435 g/mol. The molecule has 0 atom stereocenters. The van der Waals surface area contributed by atoms with Crippen LogP contribution in [0.4, 0.5) is 11.4 Å². The highest BCUT2D eigenvalue weighted by Gasteiger charge is 2.19. The SMILES string of the molecule is COc1ccc(S(=O)(=O)Nc2ccccc2C(=O)Nc2cc(Cl)cc(Cl)c2)cc1. The zero-order valence-corrected chi connectivity index (χ0v) is 17.5. The molecule has 150 valence electrons. The van der Waals surface area contributed by atoms with Crippen molar-refractivity contribution >= 4 is 50.5 Å². The largest absolute Gasteiger partial charge is 0.497 e. The summed E-state index contributed by atoms with van der Waals surface area (Å²) in [6.45, 7) is 0. The Kier molecular flexibility index (Phi) is 6.32. The molecule has 0 saturated carbocycles. The van der Waals surface area contributed by atoms with Gasteiger partial charge in [0.1, 0.15) is 5.75 Å². The van der Waals surface area contributed by atoms with E-state index in [9.17, 15) is 13.2 Å². The van der Waals surface area contributed by atoms with Crippen molar-refractivity contribution in [3.05, 3.63) is 82.3 Å². The number of methoxy groups -OCH3 is 1. The van der Waals surface area contributed by atoms with E-state index in [-0.39, 0.29) is 16.1 Å². The van der Waals surface area contributed by atoms with Crippen LogP contribution in [0.3, 0.4) is 0 Å². The first kappa shape index (κ1) is 21.0. The van der Waals surface area contributed by atoms with Crippen LogP contribution in [0.2, 0.25) is 10.0 Å². The Hall–Kier alpha value is -2.74. The van der Waals surface area contributed by atoms with Crippen LogP contribution in [0.1, 0.15) is 10.4 Å². The lowest BCUT2D eigenvalue weighted by molar-refractivity contribution is 0.102. The van der Waals surface area contributed by atoms with Gasteiger partial charge >= 0.3 is 0 Å². The summed E-state index contributed by atoms with van der Waals surface area (Å²) in [4.78, 5) is 12.8. The number of hydrogen-bond donors (Lipinski definition) is 2. The molecule has 0 fully saturated rings. The third-order valence-electron chi connectivity index (χ3n) is 3.91. The van der Waals surface area contributed by atoms with Gasteiger partial charge in [-0.2, -0.15) is 0 Å². The Morgan fingerprint density at radius 1 is 0.931 bits per heavy atom. The predicted octanol–water partition coefficient (Wildman–Crippen LogP) is 5.06. The molecule has 0 unspecified atom stereocenters. The normalized spacial score (nSPS) is 11.0. The molecule has 29 heavy (non-hydrogen) atoms. The maximum atomic E-state index is 12.7. The van der Waals surface area contributed by atoms with Crippen LogP contribution in [-0.2, 0) is 10.0 Å². The first-order valence-electron chi connectivity index (χ1n) is 8.32. The summed E-state index contributed by atoms with van der Waals surface area (Å²) in [5, 5.41) is 3.39. The molecule has 6 nitrogen and oxygen atoms in total. The summed E-state index contributed by atoms with van der Waals surface area (Å²) in [6, 6.07) is 16.8. The highest BCUT2D eigenvalue weighted by atomic mass is 35.5. The molecule has 0 aliphatic heterocycles. The van der Waals surface area contributed by atoms with Crippen LogP contribution in [0, 0.1) is 0 Å². The van der Waals surface area contributed by atoms with Crippen LogP contribution in [0.15, 0.2) is 71.6 Å². The Balaban J connectivity index is 1.87. The molecule has 3 aromatic carbocycles. The maximum absolute atomic E-state index is 12.7. The molecule has 0 radical (unpaired) electrons. The van der Waals surface area contributed by atoms with Gasteiger partial charge in [0.05, 0.1) is 23.3 Å². The number of nitrogens with one attached hydrogen (secondary N) is 2. The first-order valence-corrected chi connectivity index (χ1v) is 10.6. The van der Waals surface area contributed by atoms with Crippen LogP contribution in [-0.4, -0.2) is 21.4 Å². The number of amides is 1. The summed E-state index contributed by atoms with van der Waals surface area (Å²) in [5.74, 6) is 0.0141. The number of sulfonamides is 1. The summed E-state index contributed by atoms with van der Waals surface area (Å²) in [6.07, 6.45) is 0. The number of carbonyl (C=O) groups excluding carboxylic acids is 1. The van der Waals surface area contributed by atoms with E-state index in [1.807, 2.05) is 0 Å². The van der Waals surface area contributed by atoms with Gasteiger partial charge in [-0.3, -0.25) is 9.52 Å². The monoisotopic (exact) mass is 450 g/mol. The summed E-state index contributed by atoms with van der Waals surface area (Å²) < 4.78 is 32.9. The van der Waals surface area contributed by atoms with Crippen molar-refractivity contribution in [2.24, 2.45) is 0 Å². The van der Waals surface area contributed by atoms with Crippen LogP contribution in [0.5, 0.6) is 5.75 Å². The van der Waals surface area contributed by atoms with Crippen molar-refractivity contribution in [3.63, 3.8) is 0 Å². The Bertz CT molecular complexity index is 1130. The summed E-state index contributed by atoms with van der Waals surface area (Å²) in [5.41, 5.74) is 0.662. The second-order valence-corrected chi connectivity index (χ2v) is 8.49. The number of hydrogen-bond acceptors (Lipinski definition) is 4. The van der Waals surface area contributed by atoms with Crippen molar-refractivity contribution in [3.8, 4) is 5.75 Å². The van der Waals surface area contributed by atoms with Crippen LogP contribution < -0.4 is 14.8 Å². The topological polar surface area (TPSA) is 84.5 Å². The van der Waals surface area contributed by atoms with E-state index < -0.39 is 15.9 Å². The Labute approximate surface area is 178 Å². The molecule has 0 aromatic heterocycles. The highest BCUT2D eigenvalue weighted by molar-refractivity contribution is 7.92. The third kappa shape index (κ3) is 5.20. The van der Waals surface area contributed by atoms with Gasteiger partial charge in [-0.25, -0.2) is 8.42 Å².